The Bertz CT molecular complexity index is 162. The molecule has 0 aliphatic carbocycles. The van der Waals surface area contributed by atoms with Crippen LogP contribution in [0.15, 0.2) is 0 Å². The van der Waals surface area contributed by atoms with Crippen LogP contribution in [0.25, 0.3) is 0 Å². The highest BCUT2D eigenvalue weighted by molar-refractivity contribution is 5.75. The molecular weight excluding hydrogens is 168 g/mol. The van der Waals surface area contributed by atoms with Gasteiger partial charge >= 0.3 is 0 Å². The number of carbonyl (C=O) groups is 1. The van der Waals surface area contributed by atoms with Gasteiger partial charge in [0.1, 0.15) is 5.78 Å². The lowest BCUT2D eigenvalue weighted by molar-refractivity contribution is -0.120. The van der Waals surface area contributed by atoms with Crippen molar-refractivity contribution in [1.29, 1.82) is 0 Å². The van der Waals surface area contributed by atoms with Crippen LogP contribution in [-0.2, 0) is 14.3 Å². The number of rotatable bonds is 5. The summed E-state index contributed by atoms with van der Waals surface area (Å²) in [4.78, 5) is 10.7. The topological polar surface area (TPSA) is 35.5 Å². The van der Waals surface area contributed by atoms with Crippen LogP contribution in [0.3, 0.4) is 0 Å². The molecule has 0 aromatic carbocycles. The van der Waals surface area contributed by atoms with Gasteiger partial charge < -0.3 is 9.47 Å². The maximum atomic E-state index is 10.7. The molecule has 0 N–H and O–H groups in total. The molecule has 76 valence electrons. The van der Waals surface area contributed by atoms with Gasteiger partial charge in [-0.1, -0.05) is 0 Å². The summed E-state index contributed by atoms with van der Waals surface area (Å²) in [5.41, 5.74) is 0. The number of ketones is 1. The molecule has 2 atom stereocenters. The van der Waals surface area contributed by atoms with Crippen LogP contribution in [0.5, 0.6) is 0 Å². The lowest BCUT2D eigenvalue weighted by Crippen LogP contribution is -2.20. The molecule has 0 amide bonds. The van der Waals surface area contributed by atoms with Crippen molar-refractivity contribution in [1.82, 2.24) is 0 Å². The van der Waals surface area contributed by atoms with Crippen molar-refractivity contribution in [3.8, 4) is 0 Å². The first-order valence-corrected chi connectivity index (χ1v) is 4.91. The van der Waals surface area contributed by atoms with E-state index >= 15 is 0 Å². The Kier molecular flexibility index (Phi) is 4.39. The molecule has 3 nitrogen and oxygen atoms in total. The molecule has 3 heteroatoms. The van der Waals surface area contributed by atoms with E-state index in [1.54, 1.807) is 6.92 Å². The van der Waals surface area contributed by atoms with Crippen LogP contribution in [-0.4, -0.2) is 31.2 Å². The van der Waals surface area contributed by atoms with Gasteiger partial charge in [-0.15, -0.1) is 0 Å². The quantitative estimate of drug-likeness (QED) is 0.653. The fourth-order valence-corrected chi connectivity index (χ4v) is 1.51. The molecule has 1 fully saturated rings. The number of carbonyl (C=O) groups excluding carboxylic acids is 1. The van der Waals surface area contributed by atoms with Gasteiger partial charge in [0.2, 0.25) is 0 Å². The van der Waals surface area contributed by atoms with Crippen molar-refractivity contribution in [2.75, 3.05) is 13.2 Å². The Morgan fingerprint density at radius 1 is 1.69 bits per heavy atom. The summed E-state index contributed by atoms with van der Waals surface area (Å²) >= 11 is 0. The number of hydrogen-bond acceptors (Lipinski definition) is 3. The fourth-order valence-electron chi connectivity index (χ4n) is 1.51. The zero-order valence-corrected chi connectivity index (χ0v) is 8.41. The second-order valence-corrected chi connectivity index (χ2v) is 3.69. The number of Topliss-reactive ketones (excluding diaryl/α,β-unsaturated/α-hetero) is 1. The fraction of sp³-hybridized carbons (Fsp3) is 0.900. The molecule has 0 aromatic rings. The molecule has 0 spiro atoms. The summed E-state index contributed by atoms with van der Waals surface area (Å²) in [6, 6.07) is 0. The zero-order valence-electron chi connectivity index (χ0n) is 8.41. The lowest BCUT2D eigenvalue weighted by atomic mass is 10.2. The SMILES string of the molecule is CC(=O)CC(C)OCC1CCCO1. The van der Waals surface area contributed by atoms with Crippen molar-refractivity contribution in [3.63, 3.8) is 0 Å². The van der Waals surface area contributed by atoms with E-state index in [1.807, 2.05) is 6.92 Å². The van der Waals surface area contributed by atoms with Gasteiger partial charge in [-0.25, -0.2) is 0 Å². The summed E-state index contributed by atoms with van der Waals surface area (Å²) in [6.07, 6.45) is 3.02. The molecule has 0 bridgehead atoms. The van der Waals surface area contributed by atoms with Crippen LogP contribution < -0.4 is 0 Å². The first-order valence-electron chi connectivity index (χ1n) is 4.91. The average molecular weight is 186 g/mol. The van der Waals surface area contributed by atoms with Gasteiger partial charge in [-0.05, 0) is 26.7 Å². The molecule has 1 heterocycles. The third kappa shape index (κ3) is 4.39. The Morgan fingerprint density at radius 3 is 3.00 bits per heavy atom. The standard InChI is InChI=1S/C10H18O3/c1-8(11)6-9(2)13-7-10-4-3-5-12-10/h9-10H,3-7H2,1-2H3. The highest BCUT2D eigenvalue weighted by Gasteiger charge is 2.16. The zero-order chi connectivity index (χ0) is 9.68. The summed E-state index contributed by atoms with van der Waals surface area (Å²) in [5.74, 6) is 0.180. The largest absolute Gasteiger partial charge is 0.376 e. The van der Waals surface area contributed by atoms with Gasteiger partial charge in [0, 0.05) is 13.0 Å². The molecule has 1 aliphatic heterocycles. The minimum atomic E-state index is 0.0294. The molecular formula is C10H18O3. The van der Waals surface area contributed by atoms with E-state index in [-0.39, 0.29) is 18.0 Å². The Balaban J connectivity index is 2.06. The molecule has 0 aromatic heterocycles. The van der Waals surface area contributed by atoms with Gasteiger partial charge in [0.15, 0.2) is 0 Å². The van der Waals surface area contributed by atoms with Gasteiger partial charge in [-0.3, -0.25) is 4.79 Å². The average Bonchev–Trinajstić information content (AvgIpc) is 2.51. The first kappa shape index (κ1) is 10.7. The molecule has 2 unspecified atom stereocenters. The highest BCUT2D eigenvalue weighted by atomic mass is 16.5. The van der Waals surface area contributed by atoms with Crippen molar-refractivity contribution in [2.45, 2.75) is 45.3 Å². The van der Waals surface area contributed by atoms with E-state index in [0.29, 0.717) is 13.0 Å². The molecule has 0 radical (unpaired) electrons. The van der Waals surface area contributed by atoms with Crippen molar-refractivity contribution >= 4 is 5.78 Å². The van der Waals surface area contributed by atoms with E-state index in [0.717, 1.165) is 19.4 Å². The predicted molar refractivity (Wildman–Crippen MR) is 49.7 cm³/mol. The third-order valence-electron chi connectivity index (χ3n) is 2.17. The van der Waals surface area contributed by atoms with E-state index in [1.165, 1.54) is 0 Å². The summed E-state index contributed by atoms with van der Waals surface area (Å²) < 4.78 is 10.9. The summed E-state index contributed by atoms with van der Waals surface area (Å²) in [7, 11) is 0. The second-order valence-electron chi connectivity index (χ2n) is 3.69. The van der Waals surface area contributed by atoms with Crippen LogP contribution in [0.2, 0.25) is 0 Å². The van der Waals surface area contributed by atoms with Crippen LogP contribution in [0.1, 0.15) is 33.1 Å². The minimum absolute atomic E-state index is 0.0294. The van der Waals surface area contributed by atoms with Crippen LogP contribution in [0, 0.1) is 0 Å². The normalized spacial score (nSPS) is 24.6. The Morgan fingerprint density at radius 2 is 2.46 bits per heavy atom. The lowest BCUT2D eigenvalue weighted by Gasteiger charge is -2.14. The molecule has 1 aliphatic rings. The van der Waals surface area contributed by atoms with Crippen molar-refractivity contribution < 1.29 is 14.3 Å². The highest BCUT2D eigenvalue weighted by Crippen LogP contribution is 2.13. The minimum Gasteiger partial charge on any atom is -0.376 e. The maximum Gasteiger partial charge on any atom is 0.132 e. The summed E-state index contributed by atoms with van der Waals surface area (Å²) in [6.45, 7) is 5.01. The van der Waals surface area contributed by atoms with Crippen molar-refractivity contribution in [3.05, 3.63) is 0 Å². The smallest absolute Gasteiger partial charge is 0.132 e. The molecule has 1 rings (SSSR count). The van der Waals surface area contributed by atoms with E-state index in [9.17, 15) is 4.79 Å². The second kappa shape index (κ2) is 5.35. The third-order valence-corrected chi connectivity index (χ3v) is 2.17. The monoisotopic (exact) mass is 186 g/mol. The molecule has 13 heavy (non-hydrogen) atoms. The van der Waals surface area contributed by atoms with Crippen LogP contribution in [0.4, 0.5) is 0 Å². The van der Waals surface area contributed by atoms with E-state index < -0.39 is 0 Å². The Labute approximate surface area is 79.4 Å². The molecule has 1 saturated heterocycles. The van der Waals surface area contributed by atoms with Gasteiger partial charge in [-0.2, -0.15) is 0 Å². The van der Waals surface area contributed by atoms with Crippen molar-refractivity contribution in [2.24, 2.45) is 0 Å². The van der Waals surface area contributed by atoms with Gasteiger partial charge in [0.25, 0.3) is 0 Å². The Hall–Kier alpha value is -0.410. The van der Waals surface area contributed by atoms with Crippen LogP contribution >= 0.6 is 0 Å². The van der Waals surface area contributed by atoms with E-state index in [2.05, 4.69) is 0 Å². The molecule has 0 saturated carbocycles. The first-order chi connectivity index (χ1) is 6.18. The number of ether oxygens (including phenoxy) is 2. The van der Waals surface area contributed by atoms with Gasteiger partial charge in [0.05, 0.1) is 18.8 Å². The maximum absolute atomic E-state index is 10.7. The van der Waals surface area contributed by atoms with E-state index in [4.69, 9.17) is 9.47 Å². The predicted octanol–water partition coefficient (Wildman–Crippen LogP) is 1.55. The number of hydrogen-bond donors (Lipinski definition) is 0. The summed E-state index contributed by atoms with van der Waals surface area (Å²) in [5, 5.41) is 0.